The molecule has 0 atom stereocenters. The first-order chi connectivity index (χ1) is 13.9. The third-order valence-corrected chi connectivity index (χ3v) is 7.08. The van der Waals surface area contributed by atoms with Crippen molar-refractivity contribution in [2.24, 2.45) is 0 Å². The van der Waals surface area contributed by atoms with Crippen molar-refractivity contribution in [3.05, 3.63) is 59.1 Å². The number of anilines is 1. The molecule has 2 N–H and O–H groups in total. The van der Waals surface area contributed by atoms with E-state index >= 15 is 0 Å². The minimum atomic E-state index is -3.46. The molecule has 2 aromatic carbocycles. The van der Waals surface area contributed by atoms with Gasteiger partial charge in [-0.1, -0.05) is 36.6 Å². The van der Waals surface area contributed by atoms with Crippen LogP contribution in [0.2, 0.25) is 5.02 Å². The molecule has 29 heavy (non-hydrogen) atoms. The Balaban J connectivity index is 1.50. The number of amides is 1. The number of carbonyl (C=O) groups is 1. The van der Waals surface area contributed by atoms with Crippen LogP contribution in [0.4, 0.5) is 5.69 Å². The molecule has 1 aliphatic heterocycles. The van der Waals surface area contributed by atoms with Gasteiger partial charge in [-0.15, -0.1) is 0 Å². The summed E-state index contributed by atoms with van der Waals surface area (Å²) in [4.78, 5) is 12.3. The lowest BCUT2D eigenvalue weighted by Gasteiger charge is -2.20. The largest absolute Gasteiger partial charge is 0.376 e. The predicted octanol–water partition coefficient (Wildman–Crippen LogP) is 3.63. The van der Waals surface area contributed by atoms with E-state index in [4.69, 9.17) is 11.6 Å². The number of sulfonamides is 1. The van der Waals surface area contributed by atoms with Gasteiger partial charge in [0.05, 0.1) is 11.4 Å². The zero-order valence-electron chi connectivity index (χ0n) is 16.2. The van der Waals surface area contributed by atoms with Gasteiger partial charge in [0.2, 0.25) is 15.9 Å². The molecule has 8 heteroatoms. The number of hydrogen-bond donors (Lipinski definition) is 2. The van der Waals surface area contributed by atoms with Crippen molar-refractivity contribution in [1.29, 1.82) is 0 Å². The van der Waals surface area contributed by atoms with Crippen molar-refractivity contribution in [1.82, 2.24) is 9.62 Å². The van der Waals surface area contributed by atoms with E-state index in [2.05, 4.69) is 10.6 Å². The second kappa shape index (κ2) is 10.1. The van der Waals surface area contributed by atoms with Crippen molar-refractivity contribution in [2.45, 2.75) is 37.1 Å². The molecule has 1 aliphatic rings. The van der Waals surface area contributed by atoms with Gasteiger partial charge in [-0.05, 0) is 54.8 Å². The normalized spacial score (nSPS) is 15.5. The van der Waals surface area contributed by atoms with Gasteiger partial charge in [0, 0.05) is 30.3 Å². The summed E-state index contributed by atoms with van der Waals surface area (Å²) < 4.78 is 27.2. The summed E-state index contributed by atoms with van der Waals surface area (Å²) in [5.74, 6) is -0.152. The van der Waals surface area contributed by atoms with E-state index in [0.717, 1.165) is 31.2 Å². The number of hydrogen-bond acceptors (Lipinski definition) is 4. The van der Waals surface area contributed by atoms with Crippen LogP contribution >= 0.6 is 11.6 Å². The minimum absolute atomic E-state index is 0.103. The predicted molar refractivity (Wildman–Crippen MR) is 115 cm³/mol. The summed E-state index contributed by atoms with van der Waals surface area (Å²) in [5.41, 5.74) is 1.66. The lowest BCUT2D eigenvalue weighted by molar-refractivity contribution is -0.119. The monoisotopic (exact) mass is 435 g/mol. The zero-order chi connectivity index (χ0) is 20.7. The zero-order valence-corrected chi connectivity index (χ0v) is 17.8. The topological polar surface area (TPSA) is 78.5 Å². The third-order valence-electron chi connectivity index (χ3n) is 4.91. The lowest BCUT2D eigenvalue weighted by Crippen LogP contribution is -2.32. The van der Waals surface area contributed by atoms with Gasteiger partial charge < -0.3 is 10.6 Å². The van der Waals surface area contributed by atoms with E-state index < -0.39 is 10.0 Å². The molecule has 1 heterocycles. The van der Waals surface area contributed by atoms with E-state index in [1.54, 1.807) is 40.7 Å². The Morgan fingerprint density at radius 2 is 1.55 bits per heavy atom. The molecule has 0 aromatic heterocycles. The Bertz CT molecular complexity index is 907. The number of halogens is 1. The van der Waals surface area contributed by atoms with Gasteiger partial charge in [-0.3, -0.25) is 4.79 Å². The first-order valence-corrected chi connectivity index (χ1v) is 11.6. The van der Waals surface area contributed by atoms with Gasteiger partial charge in [0.15, 0.2) is 0 Å². The van der Waals surface area contributed by atoms with Crippen LogP contribution in [0.15, 0.2) is 53.4 Å². The fourth-order valence-corrected chi connectivity index (χ4v) is 4.87. The smallest absolute Gasteiger partial charge is 0.243 e. The molecule has 0 aliphatic carbocycles. The standard InChI is InChI=1S/C21H26ClN3O3S/c22-18-7-5-17(6-8-18)15-24-21(26)16-23-19-9-11-20(12-10-19)29(27,28)25-13-3-1-2-4-14-25/h5-12,23H,1-4,13-16H2,(H,24,26). The summed E-state index contributed by atoms with van der Waals surface area (Å²) in [6.07, 6.45) is 3.97. The molecule has 0 radical (unpaired) electrons. The molecule has 0 bridgehead atoms. The number of nitrogens with zero attached hydrogens (tertiary/aromatic N) is 1. The van der Waals surface area contributed by atoms with Gasteiger partial charge in [0.25, 0.3) is 0 Å². The average molecular weight is 436 g/mol. The molecule has 0 unspecified atom stereocenters. The molecule has 156 valence electrons. The molecule has 1 fully saturated rings. The highest BCUT2D eigenvalue weighted by molar-refractivity contribution is 7.89. The Labute approximate surface area is 177 Å². The Hall–Kier alpha value is -2.09. The van der Waals surface area contributed by atoms with Crippen LogP contribution in [0, 0.1) is 0 Å². The van der Waals surface area contributed by atoms with Crippen molar-refractivity contribution in [3.63, 3.8) is 0 Å². The number of carbonyl (C=O) groups excluding carboxylic acids is 1. The second-order valence-corrected chi connectivity index (χ2v) is 9.47. The molecule has 1 amide bonds. The maximum absolute atomic E-state index is 12.8. The van der Waals surface area contributed by atoms with Gasteiger partial charge >= 0.3 is 0 Å². The van der Waals surface area contributed by atoms with Crippen LogP contribution in [0.25, 0.3) is 0 Å². The van der Waals surface area contributed by atoms with Gasteiger partial charge in [-0.25, -0.2) is 8.42 Å². The summed E-state index contributed by atoms with van der Waals surface area (Å²) >= 11 is 5.84. The molecule has 0 spiro atoms. The average Bonchev–Trinajstić information content (AvgIpc) is 3.02. The molecule has 6 nitrogen and oxygen atoms in total. The summed E-state index contributed by atoms with van der Waals surface area (Å²) in [5, 5.41) is 6.50. The molecular weight excluding hydrogens is 410 g/mol. The number of benzene rings is 2. The van der Waals surface area contributed by atoms with Crippen molar-refractivity contribution >= 4 is 33.2 Å². The molecule has 1 saturated heterocycles. The highest BCUT2D eigenvalue weighted by Gasteiger charge is 2.24. The lowest BCUT2D eigenvalue weighted by atomic mass is 10.2. The van der Waals surface area contributed by atoms with E-state index in [1.807, 2.05) is 12.1 Å². The van der Waals surface area contributed by atoms with Gasteiger partial charge in [0.1, 0.15) is 0 Å². The minimum Gasteiger partial charge on any atom is -0.376 e. The van der Waals surface area contributed by atoms with E-state index in [-0.39, 0.29) is 17.3 Å². The quantitative estimate of drug-likeness (QED) is 0.696. The van der Waals surface area contributed by atoms with Crippen LogP contribution in [0.1, 0.15) is 31.2 Å². The van der Waals surface area contributed by atoms with Crippen molar-refractivity contribution < 1.29 is 13.2 Å². The molecule has 0 saturated carbocycles. The first-order valence-electron chi connectivity index (χ1n) is 9.80. The van der Waals surface area contributed by atoms with Crippen LogP contribution in [-0.2, 0) is 21.4 Å². The summed E-state index contributed by atoms with van der Waals surface area (Å²) in [6.45, 7) is 1.68. The van der Waals surface area contributed by atoms with Crippen molar-refractivity contribution in [2.75, 3.05) is 25.0 Å². The molecule has 3 rings (SSSR count). The Morgan fingerprint density at radius 3 is 2.17 bits per heavy atom. The Kier molecular flexibility index (Phi) is 7.52. The van der Waals surface area contributed by atoms with Crippen molar-refractivity contribution in [3.8, 4) is 0 Å². The maximum atomic E-state index is 12.8. The second-order valence-electron chi connectivity index (χ2n) is 7.10. The van der Waals surface area contributed by atoms with Gasteiger partial charge in [-0.2, -0.15) is 4.31 Å². The molecular formula is C21H26ClN3O3S. The number of rotatable bonds is 7. The SMILES string of the molecule is O=C(CNc1ccc(S(=O)(=O)N2CCCCCC2)cc1)NCc1ccc(Cl)cc1. The first kappa shape index (κ1) is 21.6. The fourth-order valence-electron chi connectivity index (χ4n) is 3.22. The maximum Gasteiger partial charge on any atom is 0.243 e. The molecule has 2 aromatic rings. The van der Waals surface area contributed by atoms with Crippen LogP contribution in [-0.4, -0.2) is 38.3 Å². The van der Waals surface area contributed by atoms with E-state index in [9.17, 15) is 13.2 Å². The number of nitrogens with one attached hydrogen (secondary N) is 2. The fraction of sp³-hybridized carbons (Fsp3) is 0.381. The van der Waals surface area contributed by atoms with Crippen LogP contribution in [0.5, 0.6) is 0 Å². The summed E-state index contributed by atoms with van der Waals surface area (Å²) in [7, 11) is -3.46. The van der Waals surface area contributed by atoms with E-state index in [1.165, 1.54) is 0 Å². The highest BCUT2D eigenvalue weighted by Crippen LogP contribution is 2.21. The highest BCUT2D eigenvalue weighted by atomic mass is 35.5. The van der Waals surface area contributed by atoms with Crippen LogP contribution < -0.4 is 10.6 Å². The van der Waals surface area contributed by atoms with E-state index in [0.29, 0.717) is 30.3 Å². The Morgan fingerprint density at radius 1 is 0.931 bits per heavy atom. The summed E-state index contributed by atoms with van der Waals surface area (Å²) in [6, 6.07) is 13.8. The third kappa shape index (κ3) is 6.19. The van der Waals surface area contributed by atoms with Crippen LogP contribution in [0.3, 0.4) is 0 Å².